The van der Waals surface area contributed by atoms with Crippen LogP contribution in [-0.2, 0) is 52.8 Å². The monoisotopic (exact) mass is 930 g/mol. The molecule has 4 aromatic rings. The molecule has 362 valence electrons. The summed E-state index contributed by atoms with van der Waals surface area (Å²) in [6.45, 7) is 21.1. The van der Waals surface area contributed by atoms with Crippen molar-refractivity contribution in [1.82, 2.24) is 35.1 Å². The molecular formula is C53H67N7O8. The number of methoxy groups -OCH3 is 1. The van der Waals surface area contributed by atoms with Crippen LogP contribution in [0.15, 0.2) is 80.2 Å². The summed E-state index contributed by atoms with van der Waals surface area (Å²) in [5.41, 5.74) is 7.69. The first-order valence-corrected chi connectivity index (χ1v) is 23.7. The van der Waals surface area contributed by atoms with Crippen molar-refractivity contribution in [2.24, 2.45) is 17.3 Å². The van der Waals surface area contributed by atoms with Gasteiger partial charge in [-0.3, -0.25) is 34.0 Å². The molecule has 2 aromatic heterocycles. The van der Waals surface area contributed by atoms with E-state index in [4.69, 9.17) is 9.47 Å². The lowest BCUT2D eigenvalue weighted by Crippen LogP contribution is -2.67. The van der Waals surface area contributed by atoms with E-state index in [0.717, 1.165) is 38.9 Å². The highest BCUT2D eigenvalue weighted by Crippen LogP contribution is 2.42. The number of esters is 1. The Morgan fingerprint density at radius 1 is 1.06 bits per heavy atom. The highest BCUT2D eigenvalue weighted by molar-refractivity contribution is 5.98. The molecule has 0 radical (unpaired) electrons. The minimum Gasteiger partial charge on any atom is -0.508 e. The van der Waals surface area contributed by atoms with E-state index in [1.54, 1.807) is 37.4 Å². The van der Waals surface area contributed by atoms with Gasteiger partial charge in [-0.2, -0.15) is 0 Å². The summed E-state index contributed by atoms with van der Waals surface area (Å²) in [6, 6.07) is 11.4. The summed E-state index contributed by atoms with van der Waals surface area (Å²) in [6.07, 6.45) is 7.73. The van der Waals surface area contributed by atoms with Gasteiger partial charge in [0.15, 0.2) is 0 Å². The SMILES string of the molecule is C=CC(=O)N1CC[C@H](C(=O)N(C)[C@H](C(=O)N[C@@]2(C=C)Cc3cc(O)cc(c3)-c3ccc4c(c3)c(c(-c3cnccc3[C@H](C)OC)n4CC)CC(C)(C)COC(=O)[C@@H]3CCCN(N3)C2=O)C(C)C)C1. The number of carbonyl (C=O) groups excluding carboxylic acids is 5. The van der Waals surface area contributed by atoms with Crippen LogP contribution in [0, 0.1) is 17.3 Å². The first-order chi connectivity index (χ1) is 32.3. The largest absolute Gasteiger partial charge is 0.508 e. The smallest absolute Gasteiger partial charge is 0.324 e. The van der Waals surface area contributed by atoms with Crippen molar-refractivity contribution < 1.29 is 38.6 Å². The number of rotatable bonds is 11. The average molecular weight is 930 g/mol. The molecule has 0 unspecified atom stereocenters. The number of hydrogen-bond acceptors (Lipinski definition) is 10. The molecule has 0 spiro atoms. The molecule has 0 saturated carbocycles. The number of likely N-dealkylation sites (tertiary alicyclic amines) is 1. The highest BCUT2D eigenvalue weighted by Gasteiger charge is 2.46. The Hall–Kier alpha value is -6.32. The minimum atomic E-state index is -1.84. The number of nitrogens with zero attached hydrogens (tertiary/aromatic N) is 5. The molecule has 5 atom stereocenters. The molecule has 0 aliphatic carbocycles. The van der Waals surface area contributed by atoms with Crippen molar-refractivity contribution in [2.45, 2.75) is 104 Å². The number of phenolic OH excluding ortho intramolecular Hbond substituents is 1. The molecule has 5 heterocycles. The lowest BCUT2D eigenvalue weighted by atomic mass is 9.83. The Morgan fingerprint density at radius 3 is 2.51 bits per heavy atom. The van der Waals surface area contributed by atoms with Crippen LogP contribution in [-0.4, -0.2) is 117 Å². The summed E-state index contributed by atoms with van der Waals surface area (Å²) in [4.78, 5) is 78.0. The molecule has 3 N–H and O–H groups in total. The molecule has 15 heteroatoms. The number of nitrogens with one attached hydrogen (secondary N) is 2. The molecule has 2 fully saturated rings. The number of fused-ring (bicyclic) bond motifs is 6. The number of ether oxygens (including phenoxy) is 2. The Kier molecular flexibility index (Phi) is 14.7. The number of pyridine rings is 1. The number of hydrogen-bond donors (Lipinski definition) is 3. The zero-order valence-corrected chi connectivity index (χ0v) is 40.8. The van der Waals surface area contributed by atoms with E-state index in [2.05, 4.69) is 66.4 Å². The normalized spacial score (nSPS) is 21.7. The third kappa shape index (κ3) is 9.82. The van der Waals surface area contributed by atoms with Crippen molar-refractivity contribution in [3.63, 3.8) is 0 Å². The molecule has 3 aliphatic heterocycles. The van der Waals surface area contributed by atoms with E-state index in [1.807, 2.05) is 45.2 Å². The van der Waals surface area contributed by atoms with Gasteiger partial charge in [-0.05, 0) is 110 Å². The molecule has 15 nitrogen and oxygen atoms in total. The van der Waals surface area contributed by atoms with Crippen molar-refractivity contribution in [2.75, 3.05) is 40.4 Å². The van der Waals surface area contributed by atoms with Gasteiger partial charge < -0.3 is 34.3 Å². The predicted octanol–water partition coefficient (Wildman–Crippen LogP) is 6.53. The van der Waals surface area contributed by atoms with Gasteiger partial charge in [-0.25, -0.2) is 5.43 Å². The van der Waals surface area contributed by atoms with Gasteiger partial charge in [0.1, 0.15) is 23.4 Å². The lowest BCUT2D eigenvalue weighted by molar-refractivity contribution is -0.156. The van der Waals surface area contributed by atoms with Crippen LogP contribution in [0.1, 0.15) is 83.6 Å². The number of aryl methyl sites for hydroxylation is 1. The predicted molar refractivity (Wildman–Crippen MR) is 261 cm³/mol. The van der Waals surface area contributed by atoms with Crippen molar-refractivity contribution in [3.05, 3.63) is 96.9 Å². The summed E-state index contributed by atoms with van der Waals surface area (Å²) in [5, 5.41) is 16.8. The fraction of sp³-hybridized carbons (Fsp3) is 0.472. The van der Waals surface area contributed by atoms with Crippen LogP contribution in [0.3, 0.4) is 0 Å². The van der Waals surface area contributed by atoms with Gasteiger partial charge in [-0.1, -0.05) is 52.5 Å². The second kappa shape index (κ2) is 20.1. The van der Waals surface area contributed by atoms with E-state index in [1.165, 1.54) is 22.1 Å². The zero-order valence-electron chi connectivity index (χ0n) is 40.8. The Labute approximate surface area is 399 Å². The van der Waals surface area contributed by atoms with Gasteiger partial charge >= 0.3 is 5.97 Å². The highest BCUT2D eigenvalue weighted by atomic mass is 16.5. The van der Waals surface area contributed by atoms with Gasteiger partial charge in [0.2, 0.25) is 17.7 Å². The van der Waals surface area contributed by atoms with Crippen LogP contribution in [0.2, 0.25) is 0 Å². The quantitative estimate of drug-likeness (QED) is 0.0853. The van der Waals surface area contributed by atoms with Crippen molar-refractivity contribution in [1.29, 1.82) is 0 Å². The molecule has 6 bridgehead atoms. The van der Waals surface area contributed by atoms with E-state index in [-0.39, 0.29) is 49.8 Å². The fourth-order valence-corrected chi connectivity index (χ4v) is 10.3. The van der Waals surface area contributed by atoms with Crippen LogP contribution in [0.25, 0.3) is 33.3 Å². The Morgan fingerprint density at radius 2 is 1.82 bits per heavy atom. The maximum absolute atomic E-state index is 15.2. The van der Waals surface area contributed by atoms with Crippen LogP contribution in [0.4, 0.5) is 0 Å². The average Bonchev–Trinajstić information content (AvgIpc) is 3.94. The number of amides is 4. The van der Waals surface area contributed by atoms with Gasteiger partial charge in [0.05, 0.1) is 24.3 Å². The lowest BCUT2D eigenvalue weighted by Gasteiger charge is -2.41. The Bertz CT molecular complexity index is 2620. The van der Waals surface area contributed by atoms with Gasteiger partial charge in [0, 0.05) is 81.0 Å². The summed E-state index contributed by atoms with van der Waals surface area (Å²) < 4.78 is 14.3. The number of aromatic nitrogens is 2. The standard InChI is InChI=1S/C53H67N7O8/c1-11-45(62)58-22-19-36(30-58)49(64)57(9)46(32(4)5)48(63)55-53(12-2)27-34-23-37(25-38(61)24-34)35-16-17-44-40(26-35)41(47(59(44)13-3)42-29-54-20-18-39(42)33(6)67-10)28-52(7,8)31-68-50(65)43-15-14-21-60(56-43)51(53)66/h11-12,16-18,20,23-26,29,32-33,36,43,46,56,61H,1-2,13-15,19,21-22,27-28,30-31H2,3-10H3,(H,55,63)/t33-,36-,43-,46-,53-/m0/s1. The number of phenols is 1. The van der Waals surface area contributed by atoms with Gasteiger partial charge in [-0.15, -0.1) is 6.58 Å². The third-order valence-electron chi connectivity index (χ3n) is 13.9. The summed E-state index contributed by atoms with van der Waals surface area (Å²) >= 11 is 0. The molecule has 3 aliphatic rings. The maximum atomic E-state index is 15.2. The molecule has 4 amide bonds. The fourth-order valence-electron chi connectivity index (χ4n) is 10.3. The van der Waals surface area contributed by atoms with Crippen LogP contribution >= 0.6 is 0 Å². The van der Waals surface area contributed by atoms with Gasteiger partial charge in [0.25, 0.3) is 5.91 Å². The van der Waals surface area contributed by atoms with Crippen LogP contribution < -0.4 is 10.7 Å². The molecule has 68 heavy (non-hydrogen) atoms. The molecule has 2 aromatic carbocycles. The number of benzene rings is 2. The number of cyclic esters (lactones) is 1. The second-order valence-electron chi connectivity index (χ2n) is 19.7. The van der Waals surface area contributed by atoms with E-state index >= 15 is 4.79 Å². The van der Waals surface area contributed by atoms with E-state index < -0.39 is 52.7 Å². The summed E-state index contributed by atoms with van der Waals surface area (Å²) in [5.74, 6) is -3.20. The minimum absolute atomic E-state index is 0.0460. The molecular weight excluding hydrogens is 863 g/mol. The third-order valence-corrected chi connectivity index (χ3v) is 13.9. The first-order valence-electron chi connectivity index (χ1n) is 23.7. The second-order valence-corrected chi connectivity index (χ2v) is 19.7. The first kappa shape index (κ1) is 49.6. The number of aromatic hydroxyl groups is 1. The molecule has 2 saturated heterocycles. The topological polar surface area (TPSA) is 176 Å². The maximum Gasteiger partial charge on any atom is 0.324 e. The van der Waals surface area contributed by atoms with E-state index in [0.29, 0.717) is 49.9 Å². The summed E-state index contributed by atoms with van der Waals surface area (Å²) in [7, 11) is 3.25. The molecule has 7 rings (SSSR count). The number of carbonyl (C=O) groups is 5. The Balaban J connectivity index is 1.35. The number of hydrazine groups is 1. The van der Waals surface area contributed by atoms with Crippen LogP contribution in [0.5, 0.6) is 5.75 Å². The van der Waals surface area contributed by atoms with E-state index in [9.17, 15) is 24.3 Å². The number of likely N-dealkylation sites (N-methyl/N-ethyl adjacent to an activating group) is 1. The van der Waals surface area contributed by atoms with Crippen molar-refractivity contribution in [3.8, 4) is 28.1 Å². The van der Waals surface area contributed by atoms with Crippen molar-refractivity contribution >= 4 is 40.5 Å². The zero-order chi connectivity index (χ0) is 49.2.